The number of hydrogen-bond donors (Lipinski definition) is 1. The Labute approximate surface area is 87.2 Å². The maximum Gasteiger partial charge on any atom is 0.307 e. The molecule has 3 nitrogen and oxygen atoms in total. The second kappa shape index (κ2) is 7.80. The van der Waals surface area contributed by atoms with E-state index in [2.05, 4.69) is 19.2 Å². The smallest absolute Gasteiger partial charge is 0.307 e. The van der Waals surface area contributed by atoms with Crippen LogP contribution in [0.1, 0.15) is 47.0 Å². The van der Waals surface area contributed by atoms with Gasteiger partial charge in [-0.1, -0.05) is 13.3 Å². The molecule has 0 aliphatic rings. The third-order valence-electron chi connectivity index (χ3n) is 2.07. The van der Waals surface area contributed by atoms with Crippen LogP contribution in [-0.2, 0) is 9.53 Å². The monoisotopic (exact) mass is 201 g/mol. The highest BCUT2D eigenvalue weighted by molar-refractivity contribution is 5.69. The van der Waals surface area contributed by atoms with Crippen LogP contribution in [0.15, 0.2) is 0 Å². The van der Waals surface area contributed by atoms with E-state index in [1.807, 2.05) is 13.8 Å². The van der Waals surface area contributed by atoms with Crippen LogP contribution in [0.25, 0.3) is 0 Å². The molecule has 0 aromatic carbocycles. The van der Waals surface area contributed by atoms with Gasteiger partial charge in [0.1, 0.15) is 0 Å². The third-order valence-corrected chi connectivity index (χ3v) is 2.07. The Morgan fingerprint density at radius 1 is 1.29 bits per heavy atom. The Balaban J connectivity index is 3.63. The Bertz CT molecular complexity index is 159. The molecule has 0 heterocycles. The van der Waals surface area contributed by atoms with Gasteiger partial charge in [0.15, 0.2) is 0 Å². The number of ether oxygens (including phenoxy) is 1. The maximum absolute atomic E-state index is 11.1. The van der Waals surface area contributed by atoms with Gasteiger partial charge in [0.25, 0.3) is 0 Å². The van der Waals surface area contributed by atoms with E-state index in [0.29, 0.717) is 19.1 Å². The highest BCUT2D eigenvalue weighted by Gasteiger charge is 2.11. The van der Waals surface area contributed by atoms with Gasteiger partial charge in [0, 0.05) is 12.1 Å². The summed E-state index contributed by atoms with van der Waals surface area (Å²) in [5.41, 5.74) is 0. The Kier molecular flexibility index (Phi) is 7.48. The van der Waals surface area contributed by atoms with Gasteiger partial charge in [-0.25, -0.2) is 0 Å². The fourth-order valence-electron chi connectivity index (χ4n) is 1.53. The minimum atomic E-state index is -0.115. The number of carbonyl (C=O) groups excluding carboxylic acids is 1. The van der Waals surface area contributed by atoms with Crippen LogP contribution in [0, 0.1) is 0 Å². The Morgan fingerprint density at radius 3 is 2.43 bits per heavy atom. The predicted molar refractivity (Wildman–Crippen MR) is 58.2 cm³/mol. The zero-order valence-electron chi connectivity index (χ0n) is 9.80. The molecule has 2 atom stereocenters. The fraction of sp³-hybridized carbons (Fsp3) is 0.909. The summed E-state index contributed by atoms with van der Waals surface area (Å²) in [5, 5.41) is 3.37. The molecule has 2 unspecified atom stereocenters. The van der Waals surface area contributed by atoms with Gasteiger partial charge >= 0.3 is 5.97 Å². The standard InChI is InChI=1S/C11H23NO2/c1-5-7-9(3)12-10(4)8-11(13)14-6-2/h9-10,12H,5-8H2,1-4H3. The van der Waals surface area contributed by atoms with Crippen LogP contribution in [0.5, 0.6) is 0 Å². The lowest BCUT2D eigenvalue weighted by Gasteiger charge is -2.18. The van der Waals surface area contributed by atoms with E-state index in [9.17, 15) is 4.79 Å². The summed E-state index contributed by atoms with van der Waals surface area (Å²) in [7, 11) is 0. The highest BCUT2D eigenvalue weighted by atomic mass is 16.5. The van der Waals surface area contributed by atoms with E-state index in [1.165, 1.54) is 6.42 Å². The molecular weight excluding hydrogens is 178 g/mol. The molecular formula is C11H23NO2. The van der Waals surface area contributed by atoms with Gasteiger partial charge in [0.2, 0.25) is 0 Å². The number of nitrogens with one attached hydrogen (secondary N) is 1. The molecule has 0 aromatic rings. The average Bonchev–Trinajstić information content (AvgIpc) is 2.03. The minimum Gasteiger partial charge on any atom is -0.466 e. The Hall–Kier alpha value is -0.570. The van der Waals surface area contributed by atoms with Crippen LogP contribution in [-0.4, -0.2) is 24.7 Å². The second-order valence-corrected chi connectivity index (χ2v) is 3.77. The van der Waals surface area contributed by atoms with Gasteiger partial charge in [-0.15, -0.1) is 0 Å². The predicted octanol–water partition coefficient (Wildman–Crippen LogP) is 2.11. The van der Waals surface area contributed by atoms with E-state index in [0.717, 1.165) is 6.42 Å². The fourth-order valence-corrected chi connectivity index (χ4v) is 1.53. The third kappa shape index (κ3) is 6.89. The molecule has 0 aromatic heterocycles. The van der Waals surface area contributed by atoms with Crippen LogP contribution >= 0.6 is 0 Å². The molecule has 3 heteroatoms. The molecule has 0 aliphatic heterocycles. The van der Waals surface area contributed by atoms with Crippen molar-refractivity contribution in [3.05, 3.63) is 0 Å². The molecule has 0 saturated carbocycles. The van der Waals surface area contributed by atoms with Gasteiger partial charge in [-0.2, -0.15) is 0 Å². The van der Waals surface area contributed by atoms with Crippen molar-refractivity contribution in [3.63, 3.8) is 0 Å². The van der Waals surface area contributed by atoms with E-state index < -0.39 is 0 Å². The highest BCUT2D eigenvalue weighted by Crippen LogP contribution is 2.00. The number of esters is 1. The van der Waals surface area contributed by atoms with E-state index in [4.69, 9.17) is 4.74 Å². The second-order valence-electron chi connectivity index (χ2n) is 3.77. The molecule has 0 spiro atoms. The van der Waals surface area contributed by atoms with Crippen molar-refractivity contribution in [2.45, 2.75) is 59.0 Å². The molecule has 0 aliphatic carbocycles. The maximum atomic E-state index is 11.1. The van der Waals surface area contributed by atoms with Crippen LogP contribution < -0.4 is 5.32 Å². The summed E-state index contributed by atoms with van der Waals surface area (Å²) in [6.45, 7) is 8.62. The summed E-state index contributed by atoms with van der Waals surface area (Å²) >= 11 is 0. The first-order valence-electron chi connectivity index (χ1n) is 5.51. The van der Waals surface area contributed by atoms with Crippen molar-refractivity contribution in [2.75, 3.05) is 6.61 Å². The SMILES string of the molecule is CCCC(C)NC(C)CC(=O)OCC. The van der Waals surface area contributed by atoms with Gasteiger partial charge in [0.05, 0.1) is 13.0 Å². The van der Waals surface area contributed by atoms with Crippen LogP contribution in [0.3, 0.4) is 0 Å². The number of hydrogen-bond acceptors (Lipinski definition) is 3. The molecule has 0 saturated heterocycles. The summed E-state index contributed by atoms with van der Waals surface area (Å²) in [6.07, 6.45) is 2.77. The first-order chi connectivity index (χ1) is 6.60. The van der Waals surface area contributed by atoms with Crippen LogP contribution in [0.4, 0.5) is 0 Å². The van der Waals surface area contributed by atoms with Gasteiger partial charge < -0.3 is 10.1 Å². The van der Waals surface area contributed by atoms with E-state index in [-0.39, 0.29) is 12.0 Å². The molecule has 0 radical (unpaired) electrons. The average molecular weight is 201 g/mol. The van der Waals surface area contributed by atoms with E-state index >= 15 is 0 Å². The lowest BCUT2D eigenvalue weighted by molar-refractivity contribution is -0.143. The molecule has 0 rings (SSSR count). The topological polar surface area (TPSA) is 38.3 Å². The van der Waals surface area contributed by atoms with Crippen molar-refractivity contribution in [1.82, 2.24) is 5.32 Å². The van der Waals surface area contributed by atoms with Gasteiger partial charge in [-0.3, -0.25) is 4.79 Å². The zero-order chi connectivity index (χ0) is 11.0. The largest absolute Gasteiger partial charge is 0.466 e. The summed E-state index contributed by atoms with van der Waals surface area (Å²) in [4.78, 5) is 11.1. The lowest BCUT2D eigenvalue weighted by atomic mass is 10.1. The molecule has 0 fully saturated rings. The van der Waals surface area contributed by atoms with Gasteiger partial charge in [-0.05, 0) is 27.2 Å². The van der Waals surface area contributed by atoms with Crippen molar-refractivity contribution in [3.8, 4) is 0 Å². The van der Waals surface area contributed by atoms with Crippen molar-refractivity contribution in [1.29, 1.82) is 0 Å². The first kappa shape index (κ1) is 13.4. The molecule has 14 heavy (non-hydrogen) atoms. The number of carbonyl (C=O) groups is 1. The summed E-state index contributed by atoms with van der Waals surface area (Å²) in [6, 6.07) is 0.681. The molecule has 0 amide bonds. The molecule has 1 N–H and O–H groups in total. The Morgan fingerprint density at radius 2 is 1.93 bits per heavy atom. The molecule has 0 bridgehead atoms. The summed E-state index contributed by atoms with van der Waals surface area (Å²) < 4.78 is 4.88. The quantitative estimate of drug-likeness (QED) is 0.641. The first-order valence-corrected chi connectivity index (χ1v) is 5.51. The molecule has 84 valence electrons. The zero-order valence-corrected chi connectivity index (χ0v) is 9.80. The normalized spacial score (nSPS) is 14.9. The lowest BCUT2D eigenvalue weighted by Crippen LogP contribution is -2.36. The van der Waals surface area contributed by atoms with Crippen molar-refractivity contribution < 1.29 is 9.53 Å². The van der Waals surface area contributed by atoms with E-state index in [1.54, 1.807) is 0 Å². The minimum absolute atomic E-state index is 0.115. The van der Waals surface area contributed by atoms with Crippen LogP contribution in [0.2, 0.25) is 0 Å². The number of rotatable bonds is 7. The van der Waals surface area contributed by atoms with Crippen molar-refractivity contribution >= 4 is 5.97 Å². The van der Waals surface area contributed by atoms with Crippen molar-refractivity contribution in [2.24, 2.45) is 0 Å². The summed E-state index contributed by atoms with van der Waals surface area (Å²) in [5.74, 6) is -0.115.